The van der Waals surface area contributed by atoms with Gasteiger partial charge in [-0.25, -0.2) is 0 Å². The summed E-state index contributed by atoms with van der Waals surface area (Å²) in [5.41, 5.74) is -0.590. The molecule has 0 unspecified atom stereocenters. The molecule has 1 N–H and O–H groups in total. The molecule has 0 radical (unpaired) electrons. The first-order valence-electron chi connectivity index (χ1n) is 6.49. The van der Waals surface area contributed by atoms with E-state index in [2.05, 4.69) is 0 Å². The summed E-state index contributed by atoms with van der Waals surface area (Å²) < 4.78 is 10.5. The van der Waals surface area contributed by atoms with Gasteiger partial charge >= 0.3 is 0 Å². The highest BCUT2D eigenvalue weighted by Gasteiger charge is 2.11. The largest absolute Gasteiger partial charge is 0.490 e. The van der Waals surface area contributed by atoms with E-state index in [1.807, 2.05) is 0 Å². The van der Waals surface area contributed by atoms with Crippen LogP contribution in [0, 0.1) is 45.3 Å². The topological polar surface area (TPSA) is 151 Å². The van der Waals surface area contributed by atoms with Gasteiger partial charge in [-0.05, 0) is 12.1 Å². The second-order valence-corrected chi connectivity index (χ2v) is 4.09. The van der Waals surface area contributed by atoms with Gasteiger partial charge in [0.15, 0.2) is 6.29 Å². The highest BCUT2D eigenvalue weighted by atomic mass is 16.5. The number of benzene rings is 1. The number of aliphatic hydroxyl groups is 1. The predicted octanol–water partition coefficient (Wildman–Crippen LogP) is -0.969. The number of rotatable bonds is 6. The number of hydrogen-bond acceptors (Lipinski definition) is 8. The van der Waals surface area contributed by atoms with Crippen LogP contribution in [-0.4, -0.2) is 31.2 Å². The molecule has 8 nitrogen and oxygen atoms in total. The first-order chi connectivity index (χ1) is 11.7. The van der Waals surface area contributed by atoms with Crippen molar-refractivity contribution in [2.75, 3.05) is 19.8 Å². The molecule has 0 spiro atoms. The SMILES string of the molecule is N#CC(C#N)=c1cc(OCCO)c(=C(C#N)C#N)cc1OCC=O. The van der Waals surface area contributed by atoms with Crippen molar-refractivity contribution in [1.82, 2.24) is 0 Å². The summed E-state index contributed by atoms with van der Waals surface area (Å²) in [7, 11) is 0. The third-order valence-corrected chi connectivity index (χ3v) is 2.72. The van der Waals surface area contributed by atoms with Crippen molar-refractivity contribution in [1.29, 1.82) is 21.0 Å². The Hall–Kier alpha value is -3.85. The minimum Gasteiger partial charge on any atom is -0.490 e. The number of hydrogen-bond donors (Lipinski definition) is 1. The molecule has 0 bridgehead atoms. The fourth-order valence-electron chi connectivity index (χ4n) is 1.76. The Kier molecular flexibility index (Phi) is 7.00. The molecule has 0 saturated heterocycles. The third-order valence-electron chi connectivity index (χ3n) is 2.72. The normalized spacial score (nSPS) is 8.71. The van der Waals surface area contributed by atoms with Gasteiger partial charge in [0.05, 0.1) is 6.61 Å². The van der Waals surface area contributed by atoms with E-state index in [0.29, 0.717) is 6.29 Å². The standard InChI is InChI=1S/C16H10N4O4/c17-7-11(8-18)13-6-16(24-4-2-22)14(12(9-19)10-20)5-15(13)23-3-1-21/h1,5-6,22H,2-4H2. The van der Waals surface area contributed by atoms with Crippen LogP contribution in [0.2, 0.25) is 0 Å². The second kappa shape index (κ2) is 9.23. The molecule has 1 aromatic carbocycles. The summed E-state index contributed by atoms with van der Waals surface area (Å²) in [4.78, 5) is 10.5. The van der Waals surface area contributed by atoms with Crippen LogP contribution in [0.5, 0.6) is 11.5 Å². The van der Waals surface area contributed by atoms with E-state index in [-0.39, 0.29) is 52.9 Å². The molecule has 1 rings (SSSR count). The van der Waals surface area contributed by atoms with E-state index < -0.39 is 0 Å². The van der Waals surface area contributed by atoms with Crippen LogP contribution in [-0.2, 0) is 4.79 Å². The number of nitriles is 4. The highest BCUT2D eigenvalue weighted by Crippen LogP contribution is 2.11. The Labute approximate surface area is 136 Å². The molecule has 24 heavy (non-hydrogen) atoms. The van der Waals surface area contributed by atoms with E-state index in [9.17, 15) is 4.79 Å². The van der Waals surface area contributed by atoms with Crippen LogP contribution < -0.4 is 19.9 Å². The van der Waals surface area contributed by atoms with E-state index in [0.717, 1.165) is 0 Å². The first-order valence-corrected chi connectivity index (χ1v) is 6.49. The zero-order chi connectivity index (χ0) is 17.9. The Morgan fingerprint density at radius 1 is 0.958 bits per heavy atom. The molecule has 118 valence electrons. The van der Waals surface area contributed by atoms with Crippen LogP contribution in [0.3, 0.4) is 0 Å². The summed E-state index contributed by atoms with van der Waals surface area (Å²) in [6.07, 6.45) is 0.470. The summed E-state index contributed by atoms with van der Waals surface area (Å²) in [6, 6.07) is 9.26. The molecule has 0 aliphatic rings. The second-order valence-electron chi connectivity index (χ2n) is 4.09. The van der Waals surface area contributed by atoms with Crippen molar-refractivity contribution in [2.24, 2.45) is 0 Å². The monoisotopic (exact) mass is 322 g/mol. The van der Waals surface area contributed by atoms with Crippen molar-refractivity contribution in [2.45, 2.75) is 0 Å². The van der Waals surface area contributed by atoms with Gasteiger partial charge in [-0.2, -0.15) is 21.0 Å². The lowest BCUT2D eigenvalue weighted by Gasteiger charge is -2.09. The van der Waals surface area contributed by atoms with Gasteiger partial charge in [-0.15, -0.1) is 0 Å². The molecular formula is C16H10N4O4. The molecule has 0 aliphatic carbocycles. The lowest BCUT2D eigenvalue weighted by Crippen LogP contribution is -2.21. The highest BCUT2D eigenvalue weighted by molar-refractivity contribution is 5.77. The summed E-state index contributed by atoms with van der Waals surface area (Å²) in [6.45, 7) is -0.791. The summed E-state index contributed by atoms with van der Waals surface area (Å²) >= 11 is 0. The Morgan fingerprint density at radius 3 is 1.79 bits per heavy atom. The average Bonchev–Trinajstić information content (AvgIpc) is 2.61. The van der Waals surface area contributed by atoms with E-state index >= 15 is 0 Å². The maximum absolute atomic E-state index is 10.5. The Balaban J connectivity index is 3.92. The Morgan fingerprint density at radius 2 is 1.42 bits per heavy atom. The van der Waals surface area contributed by atoms with Crippen LogP contribution in [0.4, 0.5) is 0 Å². The zero-order valence-electron chi connectivity index (χ0n) is 12.3. The van der Waals surface area contributed by atoms with Crippen molar-refractivity contribution >= 4 is 17.4 Å². The Bertz CT molecular complexity index is 892. The van der Waals surface area contributed by atoms with Gasteiger partial charge in [0.1, 0.15) is 60.1 Å². The van der Waals surface area contributed by atoms with Crippen molar-refractivity contribution < 1.29 is 19.4 Å². The minimum atomic E-state index is -0.345. The van der Waals surface area contributed by atoms with Crippen LogP contribution in [0.1, 0.15) is 0 Å². The molecule has 0 atom stereocenters. The van der Waals surface area contributed by atoms with Gasteiger partial charge in [-0.3, -0.25) is 4.79 Å². The molecule has 0 amide bonds. The number of aliphatic hydroxyl groups excluding tert-OH is 1. The molecule has 0 fully saturated rings. The molecule has 0 aromatic heterocycles. The van der Waals surface area contributed by atoms with Crippen molar-refractivity contribution in [3.05, 3.63) is 22.6 Å². The number of carbonyl (C=O) groups excluding carboxylic acids is 1. The van der Waals surface area contributed by atoms with Crippen LogP contribution >= 0.6 is 0 Å². The molecule has 0 saturated carbocycles. The smallest absolute Gasteiger partial charge is 0.157 e. The average molecular weight is 322 g/mol. The number of carbonyl (C=O) groups is 1. The quantitative estimate of drug-likeness (QED) is 0.657. The maximum atomic E-state index is 10.5. The van der Waals surface area contributed by atoms with E-state index in [4.69, 9.17) is 35.6 Å². The van der Waals surface area contributed by atoms with Gasteiger partial charge < -0.3 is 14.6 Å². The van der Waals surface area contributed by atoms with Gasteiger partial charge in [0.2, 0.25) is 0 Å². The van der Waals surface area contributed by atoms with Crippen molar-refractivity contribution in [3.8, 4) is 35.8 Å². The number of nitrogens with zero attached hydrogens (tertiary/aromatic N) is 4. The molecular weight excluding hydrogens is 312 g/mol. The lowest BCUT2D eigenvalue weighted by molar-refractivity contribution is -0.109. The van der Waals surface area contributed by atoms with Crippen LogP contribution in [0.15, 0.2) is 12.1 Å². The fourth-order valence-corrected chi connectivity index (χ4v) is 1.76. The lowest BCUT2D eigenvalue weighted by atomic mass is 10.1. The maximum Gasteiger partial charge on any atom is 0.157 e. The van der Waals surface area contributed by atoms with Gasteiger partial charge in [0.25, 0.3) is 0 Å². The van der Waals surface area contributed by atoms with E-state index in [1.54, 1.807) is 24.3 Å². The number of aldehydes is 1. The third kappa shape index (κ3) is 4.08. The van der Waals surface area contributed by atoms with Gasteiger partial charge in [0, 0.05) is 10.4 Å². The molecule has 1 aromatic rings. The molecule has 8 heteroatoms. The van der Waals surface area contributed by atoms with Crippen molar-refractivity contribution in [3.63, 3.8) is 0 Å². The number of ether oxygens (including phenoxy) is 2. The summed E-state index contributed by atoms with van der Waals surface area (Å²) in [5.74, 6) is 0.00755. The fraction of sp³-hybridized carbons (Fsp3) is 0.188. The van der Waals surface area contributed by atoms with E-state index in [1.165, 1.54) is 12.1 Å². The summed E-state index contributed by atoms with van der Waals surface area (Å²) in [5, 5.41) is 45.2. The zero-order valence-corrected chi connectivity index (χ0v) is 12.3. The van der Waals surface area contributed by atoms with Gasteiger partial charge in [-0.1, -0.05) is 0 Å². The first kappa shape index (κ1) is 18.2. The molecule has 0 aliphatic heterocycles. The minimum absolute atomic E-state index is 0.0189. The molecule has 0 heterocycles. The van der Waals surface area contributed by atoms with Crippen LogP contribution in [0.25, 0.3) is 11.1 Å². The predicted molar refractivity (Wildman–Crippen MR) is 79.1 cm³/mol.